The van der Waals surface area contributed by atoms with Crippen LogP contribution in [0.3, 0.4) is 0 Å². The fourth-order valence-electron chi connectivity index (χ4n) is 2.24. The third-order valence-electron chi connectivity index (χ3n) is 3.19. The molecule has 3 heteroatoms. The highest BCUT2D eigenvalue weighted by Crippen LogP contribution is 2.29. The molecule has 0 spiro atoms. The molecule has 0 saturated heterocycles. The zero-order valence-corrected chi connectivity index (χ0v) is 9.15. The van der Waals surface area contributed by atoms with Gasteiger partial charge >= 0.3 is 0 Å². The SMILES string of the molecule is CC1CCc2cc(-c3ccc(F)cc3)nn21. The van der Waals surface area contributed by atoms with Crippen molar-refractivity contribution >= 4 is 0 Å². The molecule has 82 valence electrons. The summed E-state index contributed by atoms with van der Waals surface area (Å²) in [5.41, 5.74) is 3.21. The quantitative estimate of drug-likeness (QED) is 0.715. The van der Waals surface area contributed by atoms with Gasteiger partial charge in [0.05, 0.1) is 5.69 Å². The molecular formula is C13H13FN2. The van der Waals surface area contributed by atoms with E-state index in [9.17, 15) is 4.39 Å². The minimum atomic E-state index is -0.205. The first-order valence-electron chi connectivity index (χ1n) is 5.58. The number of hydrogen-bond donors (Lipinski definition) is 0. The monoisotopic (exact) mass is 216 g/mol. The largest absolute Gasteiger partial charge is 0.266 e. The summed E-state index contributed by atoms with van der Waals surface area (Å²) < 4.78 is 14.9. The molecule has 1 atom stereocenters. The number of rotatable bonds is 1. The molecule has 2 aromatic rings. The van der Waals surface area contributed by atoms with Gasteiger partial charge in [0, 0.05) is 17.3 Å². The van der Waals surface area contributed by atoms with Crippen molar-refractivity contribution in [2.45, 2.75) is 25.8 Å². The first-order valence-corrected chi connectivity index (χ1v) is 5.58. The van der Waals surface area contributed by atoms with Gasteiger partial charge in [-0.05, 0) is 50.1 Å². The Labute approximate surface area is 93.7 Å². The molecule has 1 aliphatic rings. The van der Waals surface area contributed by atoms with Crippen molar-refractivity contribution in [2.75, 3.05) is 0 Å². The van der Waals surface area contributed by atoms with Gasteiger partial charge in [-0.3, -0.25) is 4.68 Å². The number of fused-ring (bicyclic) bond motifs is 1. The lowest BCUT2D eigenvalue weighted by Gasteiger charge is -2.03. The van der Waals surface area contributed by atoms with Gasteiger partial charge in [-0.15, -0.1) is 0 Å². The molecule has 0 bridgehead atoms. The van der Waals surface area contributed by atoms with E-state index >= 15 is 0 Å². The lowest BCUT2D eigenvalue weighted by molar-refractivity contribution is 0.523. The van der Waals surface area contributed by atoms with Crippen molar-refractivity contribution in [2.24, 2.45) is 0 Å². The van der Waals surface area contributed by atoms with Crippen LogP contribution in [0.15, 0.2) is 30.3 Å². The summed E-state index contributed by atoms with van der Waals surface area (Å²) >= 11 is 0. The van der Waals surface area contributed by atoms with E-state index in [0.29, 0.717) is 6.04 Å². The maximum Gasteiger partial charge on any atom is 0.123 e. The van der Waals surface area contributed by atoms with Crippen molar-refractivity contribution in [3.8, 4) is 11.3 Å². The molecular weight excluding hydrogens is 203 g/mol. The first-order chi connectivity index (χ1) is 7.74. The summed E-state index contributed by atoms with van der Waals surface area (Å²) in [6.45, 7) is 2.18. The van der Waals surface area contributed by atoms with Gasteiger partial charge < -0.3 is 0 Å². The maximum atomic E-state index is 12.8. The Morgan fingerprint density at radius 3 is 2.75 bits per heavy atom. The average molecular weight is 216 g/mol. The van der Waals surface area contributed by atoms with E-state index in [1.165, 1.54) is 24.2 Å². The number of aryl methyl sites for hydroxylation is 1. The van der Waals surface area contributed by atoms with E-state index in [1.807, 2.05) is 0 Å². The Bertz CT molecular complexity index is 513. The second-order valence-corrected chi connectivity index (χ2v) is 4.36. The normalized spacial score (nSPS) is 18.8. The average Bonchev–Trinajstić information content (AvgIpc) is 2.83. The summed E-state index contributed by atoms with van der Waals surface area (Å²) in [6, 6.07) is 9.10. The van der Waals surface area contributed by atoms with E-state index in [0.717, 1.165) is 17.7 Å². The molecule has 0 radical (unpaired) electrons. The van der Waals surface area contributed by atoms with Crippen LogP contribution in [0.2, 0.25) is 0 Å². The maximum absolute atomic E-state index is 12.8. The van der Waals surface area contributed by atoms with Crippen LogP contribution >= 0.6 is 0 Å². The summed E-state index contributed by atoms with van der Waals surface area (Å²) in [5, 5.41) is 4.57. The lowest BCUT2D eigenvalue weighted by Crippen LogP contribution is -2.00. The van der Waals surface area contributed by atoms with Crippen LogP contribution in [-0.4, -0.2) is 9.78 Å². The van der Waals surface area contributed by atoms with Crippen molar-refractivity contribution < 1.29 is 4.39 Å². The molecule has 0 amide bonds. The van der Waals surface area contributed by atoms with Gasteiger partial charge in [0.2, 0.25) is 0 Å². The lowest BCUT2D eigenvalue weighted by atomic mass is 10.1. The zero-order valence-electron chi connectivity index (χ0n) is 9.15. The fourth-order valence-corrected chi connectivity index (χ4v) is 2.24. The smallest absolute Gasteiger partial charge is 0.123 e. The van der Waals surface area contributed by atoms with Crippen LogP contribution in [0.4, 0.5) is 4.39 Å². The van der Waals surface area contributed by atoms with Crippen LogP contribution in [0.1, 0.15) is 25.1 Å². The van der Waals surface area contributed by atoms with E-state index in [2.05, 4.69) is 22.8 Å². The standard InChI is InChI=1S/C13H13FN2/c1-9-2-7-12-8-13(15-16(9)12)10-3-5-11(14)6-4-10/h3-6,8-9H,2,7H2,1H3. The third-order valence-corrected chi connectivity index (χ3v) is 3.19. The molecule has 2 heterocycles. The van der Waals surface area contributed by atoms with Gasteiger partial charge in [-0.1, -0.05) is 0 Å². The van der Waals surface area contributed by atoms with Crippen LogP contribution < -0.4 is 0 Å². The Hall–Kier alpha value is -1.64. The molecule has 0 N–H and O–H groups in total. The molecule has 1 aliphatic heterocycles. The highest BCUT2D eigenvalue weighted by molar-refractivity contribution is 5.59. The van der Waals surface area contributed by atoms with Crippen molar-refractivity contribution in [1.82, 2.24) is 9.78 Å². The number of halogens is 1. The second kappa shape index (κ2) is 3.44. The van der Waals surface area contributed by atoms with Crippen LogP contribution in [0.5, 0.6) is 0 Å². The Kier molecular flexibility index (Phi) is 2.06. The van der Waals surface area contributed by atoms with E-state index in [4.69, 9.17) is 0 Å². The van der Waals surface area contributed by atoms with E-state index in [-0.39, 0.29) is 5.82 Å². The summed E-state index contributed by atoms with van der Waals surface area (Å²) in [5.74, 6) is -0.205. The molecule has 16 heavy (non-hydrogen) atoms. The topological polar surface area (TPSA) is 17.8 Å². The molecule has 0 fully saturated rings. The Balaban J connectivity index is 2.02. The molecule has 1 aromatic carbocycles. The van der Waals surface area contributed by atoms with Crippen molar-refractivity contribution in [3.63, 3.8) is 0 Å². The second-order valence-electron chi connectivity index (χ2n) is 4.36. The summed E-state index contributed by atoms with van der Waals surface area (Å²) in [6.07, 6.45) is 2.27. The first kappa shape index (κ1) is 9.58. The van der Waals surface area contributed by atoms with Gasteiger partial charge in [0.15, 0.2) is 0 Å². The highest BCUT2D eigenvalue weighted by Gasteiger charge is 2.20. The highest BCUT2D eigenvalue weighted by atomic mass is 19.1. The Morgan fingerprint density at radius 2 is 2.06 bits per heavy atom. The molecule has 2 nitrogen and oxygen atoms in total. The molecule has 1 aromatic heterocycles. The van der Waals surface area contributed by atoms with Crippen LogP contribution in [0, 0.1) is 5.82 Å². The molecule has 1 unspecified atom stereocenters. The van der Waals surface area contributed by atoms with E-state index < -0.39 is 0 Å². The molecule has 0 aliphatic carbocycles. The van der Waals surface area contributed by atoms with Crippen molar-refractivity contribution in [3.05, 3.63) is 41.8 Å². The van der Waals surface area contributed by atoms with Gasteiger partial charge in [0.1, 0.15) is 5.82 Å². The third kappa shape index (κ3) is 1.43. The van der Waals surface area contributed by atoms with Gasteiger partial charge in [-0.25, -0.2) is 4.39 Å². The van der Waals surface area contributed by atoms with Crippen molar-refractivity contribution in [1.29, 1.82) is 0 Å². The minimum absolute atomic E-state index is 0.205. The van der Waals surface area contributed by atoms with Gasteiger partial charge in [-0.2, -0.15) is 5.10 Å². The molecule has 0 saturated carbocycles. The predicted octanol–water partition coefficient (Wildman–Crippen LogP) is 3.20. The number of nitrogens with zero attached hydrogens (tertiary/aromatic N) is 2. The summed E-state index contributed by atoms with van der Waals surface area (Å²) in [4.78, 5) is 0. The predicted molar refractivity (Wildman–Crippen MR) is 60.7 cm³/mol. The van der Waals surface area contributed by atoms with Gasteiger partial charge in [0.25, 0.3) is 0 Å². The van der Waals surface area contributed by atoms with Crippen LogP contribution in [-0.2, 0) is 6.42 Å². The number of benzene rings is 1. The van der Waals surface area contributed by atoms with E-state index in [1.54, 1.807) is 12.1 Å². The fraction of sp³-hybridized carbons (Fsp3) is 0.308. The minimum Gasteiger partial charge on any atom is -0.266 e. The summed E-state index contributed by atoms with van der Waals surface area (Å²) in [7, 11) is 0. The van der Waals surface area contributed by atoms with Crippen LogP contribution in [0.25, 0.3) is 11.3 Å². The number of aromatic nitrogens is 2. The Morgan fingerprint density at radius 1 is 1.31 bits per heavy atom. The number of hydrogen-bond acceptors (Lipinski definition) is 1. The zero-order chi connectivity index (χ0) is 11.1. The molecule has 3 rings (SSSR count).